The van der Waals surface area contributed by atoms with Gasteiger partial charge < -0.3 is 14.7 Å². The Hall–Kier alpha value is -3.84. The number of halogens is 1. The van der Waals surface area contributed by atoms with Crippen LogP contribution in [-0.2, 0) is 23.3 Å². The Morgan fingerprint density at radius 1 is 1.19 bits per heavy atom. The standard InChI is InChI=1S/C27H33FN6O4S.C3H8O/c1-7-14-31(8-2)25(36)27(4,5)33-22(35)21-17(3)23(34-29-12-13-30-34)39-24(21)32(26(33)37)15-11-18-16-19(28)9-10-20(18)38-6;1-3(2)4/h9-10,12-13,16H,7-8,11,14-15H2,1-6H3;3-4H,1-2H3. The van der Waals surface area contributed by atoms with Crippen LogP contribution >= 0.6 is 11.3 Å². The molecule has 0 radical (unpaired) electrons. The molecule has 0 saturated heterocycles. The van der Waals surface area contributed by atoms with Gasteiger partial charge in [-0.05, 0) is 78.1 Å². The van der Waals surface area contributed by atoms with Crippen molar-refractivity contribution in [3.05, 3.63) is 68.4 Å². The largest absolute Gasteiger partial charge is 0.496 e. The number of carbonyl (C=O) groups is 1. The van der Waals surface area contributed by atoms with Crippen LogP contribution in [0, 0.1) is 12.7 Å². The van der Waals surface area contributed by atoms with Gasteiger partial charge in [-0.25, -0.2) is 13.8 Å². The summed E-state index contributed by atoms with van der Waals surface area (Å²) >= 11 is 1.22. The van der Waals surface area contributed by atoms with Gasteiger partial charge in [0.2, 0.25) is 5.91 Å². The third kappa shape index (κ3) is 7.04. The number of hydrogen-bond donors (Lipinski definition) is 1. The molecule has 13 heteroatoms. The van der Waals surface area contributed by atoms with E-state index in [0.29, 0.717) is 45.2 Å². The number of likely N-dealkylation sites (N-methyl/N-ethyl adjacent to an activating group) is 1. The summed E-state index contributed by atoms with van der Waals surface area (Å²) in [7, 11) is 1.50. The monoisotopic (exact) mass is 616 g/mol. The van der Waals surface area contributed by atoms with Crippen molar-refractivity contribution in [3.63, 3.8) is 0 Å². The molecular weight excluding hydrogens is 575 g/mol. The van der Waals surface area contributed by atoms with Crippen LogP contribution in [0.5, 0.6) is 5.75 Å². The number of nitrogens with zero attached hydrogens (tertiary/aromatic N) is 6. The van der Waals surface area contributed by atoms with Gasteiger partial charge in [0, 0.05) is 31.3 Å². The Labute approximate surface area is 254 Å². The Morgan fingerprint density at radius 2 is 1.81 bits per heavy atom. The molecule has 0 bridgehead atoms. The smallest absolute Gasteiger partial charge is 0.333 e. The summed E-state index contributed by atoms with van der Waals surface area (Å²) in [4.78, 5) is 45.2. The van der Waals surface area contributed by atoms with Crippen molar-refractivity contribution in [2.45, 2.75) is 79.5 Å². The van der Waals surface area contributed by atoms with E-state index in [0.717, 1.165) is 11.0 Å². The van der Waals surface area contributed by atoms with Crippen molar-refractivity contribution in [1.82, 2.24) is 29.0 Å². The van der Waals surface area contributed by atoms with E-state index >= 15 is 0 Å². The predicted molar refractivity (Wildman–Crippen MR) is 166 cm³/mol. The molecule has 1 amide bonds. The topological polar surface area (TPSA) is 124 Å². The van der Waals surface area contributed by atoms with Crippen LogP contribution in [0.1, 0.15) is 59.1 Å². The second-order valence-electron chi connectivity index (χ2n) is 10.8. The molecule has 0 aliphatic rings. The van der Waals surface area contributed by atoms with Crippen LogP contribution in [0.15, 0.2) is 40.2 Å². The fraction of sp³-hybridized carbons (Fsp3) is 0.500. The first-order valence-electron chi connectivity index (χ1n) is 14.3. The molecule has 11 nitrogen and oxygen atoms in total. The van der Waals surface area contributed by atoms with E-state index in [1.54, 1.807) is 39.5 Å². The number of ether oxygens (including phenoxy) is 1. The zero-order valence-electron chi connectivity index (χ0n) is 26.0. The lowest BCUT2D eigenvalue weighted by Gasteiger charge is -2.32. The van der Waals surface area contributed by atoms with Crippen LogP contribution < -0.4 is 16.0 Å². The molecule has 0 fully saturated rings. The third-order valence-electron chi connectivity index (χ3n) is 6.88. The Morgan fingerprint density at radius 3 is 2.37 bits per heavy atom. The fourth-order valence-electron chi connectivity index (χ4n) is 4.87. The minimum absolute atomic E-state index is 0.123. The maximum Gasteiger partial charge on any atom is 0.333 e. The normalized spacial score (nSPS) is 11.5. The van der Waals surface area contributed by atoms with Gasteiger partial charge in [0.25, 0.3) is 5.56 Å². The highest BCUT2D eigenvalue weighted by Gasteiger charge is 2.37. The Bertz CT molecular complexity index is 1670. The Balaban J connectivity index is 0.00000119. The van der Waals surface area contributed by atoms with Gasteiger partial charge in [-0.1, -0.05) is 18.3 Å². The second kappa shape index (κ2) is 14.1. The van der Waals surface area contributed by atoms with E-state index in [2.05, 4.69) is 10.2 Å². The minimum atomic E-state index is -1.45. The molecule has 0 spiro atoms. The zero-order valence-corrected chi connectivity index (χ0v) is 26.9. The number of aliphatic hydroxyl groups excluding tert-OH is 1. The van der Waals surface area contributed by atoms with Crippen molar-refractivity contribution in [3.8, 4) is 10.8 Å². The summed E-state index contributed by atoms with van der Waals surface area (Å²) < 4.78 is 22.0. The van der Waals surface area contributed by atoms with E-state index in [1.165, 1.54) is 58.4 Å². The minimum Gasteiger partial charge on any atom is -0.496 e. The molecule has 0 saturated carbocycles. The van der Waals surface area contributed by atoms with Crippen LogP contribution in [-0.4, -0.2) is 66.3 Å². The van der Waals surface area contributed by atoms with E-state index in [9.17, 15) is 18.8 Å². The summed E-state index contributed by atoms with van der Waals surface area (Å²) in [6, 6.07) is 4.21. The summed E-state index contributed by atoms with van der Waals surface area (Å²) in [5.41, 5.74) is -1.44. The number of aliphatic hydroxyl groups is 1. The first-order valence-corrected chi connectivity index (χ1v) is 15.1. The molecule has 43 heavy (non-hydrogen) atoms. The van der Waals surface area contributed by atoms with Crippen LogP contribution in [0.2, 0.25) is 0 Å². The van der Waals surface area contributed by atoms with Crippen LogP contribution in [0.4, 0.5) is 4.39 Å². The fourth-order valence-corrected chi connectivity index (χ4v) is 6.10. The number of amides is 1. The van der Waals surface area contributed by atoms with Crippen molar-refractivity contribution < 1.29 is 19.0 Å². The highest BCUT2D eigenvalue weighted by Crippen LogP contribution is 2.31. The maximum absolute atomic E-state index is 14.1. The molecule has 4 aromatic rings. The van der Waals surface area contributed by atoms with Gasteiger partial charge in [-0.3, -0.25) is 14.2 Å². The summed E-state index contributed by atoms with van der Waals surface area (Å²) in [5.74, 6) is -0.244. The molecular formula is C30H41FN6O5S. The van der Waals surface area contributed by atoms with E-state index < -0.39 is 22.6 Å². The maximum atomic E-state index is 14.1. The van der Waals surface area contributed by atoms with Gasteiger partial charge in [0.1, 0.15) is 26.9 Å². The van der Waals surface area contributed by atoms with E-state index in [-0.39, 0.29) is 25.0 Å². The highest BCUT2D eigenvalue weighted by atomic mass is 32.1. The average Bonchev–Trinajstić information content (AvgIpc) is 3.59. The molecule has 0 atom stereocenters. The number of carbonyl (C=O) groups excluding carboxylic acids is 1. The van der Waals surface area contributed by atoms with Crippen molar-refractivity contribution >= 4 is 27.5 Å². The zero-order chi connectivity index (χ0) is 32.1. The summed E-state index contributed by atoms with van der Waals surface area (Å²) in [6.07, 6.45) is 3.89. The van der Waals surface area contributed by atoms with Gasteiger partial charge in [-0.15, -0.1) is 4.80 Å². The van der Waals surface area contributed by atoms with Crippen LogP contribution in [0.25, 0.3) is 15.2 Å². The van der Waals surface area contributed by atoms with Gasteiger partial charge in [0.15, 0.2) is 0 Å². The molecule has 3 heterocycles. The van der Waals surface area contributed by atoms with E-state index in [4.69, 9.17) is 9.84 Å². The third-order valence-corrected chi connectivity index (χ3v) is 8.16. The SMILES string of the molecule is CC(C)O.CCCN(CC)C(=O)C(C)(C)n1c(=O)c2c(C)c(-n3nccn3)sc2n(CCc2cc(F)ccc2OC)c1=O. The molecule has 0 aliphatic carbocycles. The van der Waals surface area contributed by atoms with Crippen molar-refractivity contribution in [2.24, 2.45) is 0 Å². The molecule has 234 valence electrons. The number of fused-ring (bicyclic) bond motifs is 1. The summed E-state index contributed by atoms with van der Waals surface area (Å²) in [5, 5.41) is 17.4. The first kappa shape index (κ1) is 33.7. The molecule has 3 aromatic heterocycles. The number of aryl methyl sites for hydroxylation is 3. The molecule has 1 N–H and O–H groups in total. The molecule has 0 unspecified atom stereocenters. The average molecular weight is 617 g/mol. The molecule has 1 aromatic carbocycles. The van der Waals surface area contributed by atoms with Crippen molar-refractivity contribution in [2.75, 3.05) is 20.2 Å². The van der Waals surface area contributed by atoms with Gasteiger partial charge in [-0.2, -0.15) is 10.2 Å². The van der Waals surface area contributed by atoms with E-state index in [1.807, 2.05) is 13.8 Å². The second-order valence-corrected chi connectivity index (χ2v) is 11.8. The quantitative estimate of drug-likeness (QED) is 0.287. The van der Waals surface area contributed by atoms with Gasteiger partial charge in [0.05, 0.1) is 24.9 Å². The van der Waals surface area contributed by atoms with Crippen LogP contribution in [0.3, 0.4) is 0 Å². The van der Waals surface area contributed by atoms with Gasteiger partial charge >= 0.3 is 5.69 Å². The molecule has 0 aliphatic heterocycles. The highest BCUT2D eigenvalue weighted by molar-refractivity contribution is 7.21. The Kier molecular flexibility index (Phi) is 11.0. The predicted octanol–water partition coefficient (Wildman–Crippen LogP) is 3.88. The first-order chi connectivity index (χ1) is 20.3. The lowest BCUT2D eigenvalue weighted by atomic mass is 10.0. The lowest BCUT2D eigenvalue weighted by Crippen LogP contribution is -2.56. The number of methoxy groups -OCH3 is 1. The number of rotatable bonds is 10. The number of thiophene rings is 1. The number of benzene rings is 1. The number of aromatic nitrogens is 5. The summed E-state index contributed by atoms with van der Waals surface area (Å²) in [6.45, 7) is 13.3. The number of hydrogen-bond acceptors (Lipinski definition) is 8. The lowest BCUT2D eigenvalue weighted by molar-refractivity contribution is -0.139. The molecule has 4 rings (SSSR count). The van der Waals surface area contributed by atoms with Crippen molar-refractivity contribution in [1.29, 1.82) is 0 Å².